The van der Waals surface area contributed by atoms with E-state index in [0.717, 1.165) is 5.56 Å². The Balaban J connectivity index is 1.95. The van der Waals surface area contributed by atoms with Gasteiger partial charge in [0.15, 0.2) is 11.5 Å². The quantitative estimate of drug-likeness (QED) is 0.748. The molecule has 18 heavy (non-hydrogen) atoms. The van der Waals surface area contributed by atoms with Crippen molar-refractivity contribution in [2.75, 3.05) is 5.73 Å². The van der Waals surface area contributed by atoms with Crippen LogP contribution in [0.3, 0.4) is 0 Å². The van der Waals surface area contributed by atoms with Crippen molar-refractivity contribution in [2.24, 2.45) is 0 Å². The summed E-state index contributed by atoms with van der Waals surface area (Å²) in [7, 11) is 0. The van der Waals surface area contributed by atoms with Crippen molar-refractivity contribution in [2.45, 2.75) is 6.42 Å². The lowest BCUT2D eigenvalue weighted by Gasteiger charge is -1.96. The monoisotopic (exact) mass is 242 g/mol. The molecule has 3 aromatic rings. The highest BCUT2D eigenvalue weighted by Crippen LogP contribution is 2.11. The molecule has 4 nitrogen and oxygen atoms in total. The van der Waals surface area contributed by atoms with Gasteiger partial charge in [0.05, 0.1) is 0 Å². The first-order chi connectivity index (χ1) is 8.70. The number of pyridine rings is 1. The second kappa shape index (κ2) is 4.10. The molecule has 0 unspecified atom stereocenters. The number of benzene rings is 1. The molecule has 90 valence electrons. The molecule has 2 N–H and O–H groups in total. The highest BCUT2D eigenvalue weighted by atomic mass is 19.1. The molecular weight excluding hydrogens is 231 g/mol. The summed E-state index contributed by atoms with van der Waals surface area (Å²) >= 11 is 0. The van der Waals surface area contributed by atoms with E-state index >= 15 is 0 Å². The maximum Gasteiger partial charge on any atom is 0.157 e. The third kappa shape index (κ3) is 2.02. The van der Waals surface area contributed by atoms with Crippen molar-refractivity contribution in [1.82, 2.24) is 14.6 Å². The minimum atomic E-state index is -0.250. The van der Waals surface area contributed by atoms with Crippen LogP contribution in [0, 0.1) is 5.82 Å². The fourth-order valence-corrected chi connectivity index (χ4v) is 1.85. The number of rotatable bonds is 2. The summed E-state index contributed by atoms with van der Waals surface area (Å²) in [6.07, 6.45) is 2.26. The number of fused-ring (bicyclic) bond motifs is 1. The van der Waals surface area contributed by atoms with Gasteiger partial charge in [-0.3, -0.25) is 0 Å². The summed E-state index contributed by atoms with van der Waals surface area (Å²) < 4.78 is 14.7. The number of anilines is 1. The molecule has 0 saturated carbocycles. The number of aromatic nitrogens is 3. The van der Waals surface area contributed by atoms with Gasteiger partial charge >= 0.3 is 0 Å². The first-order valence-corrected chi connectivity index (χ1v) is 5.56. The molecule has 0 atom stereocenters. The maximum absolute atomic E-state index is 13.1. The zero-order chi connectivity index (χ0) is 12.5. The van der Waals surface area contributed by atoms with Gasteiger partial charge in [-0.2, -0.15) is 5.10 Å². The van der Waals surface area contributed by atoms with Crippen LogP contribution < -0.4 is 5.73 Å². The fraction of sp³-hybridized carbons (Fsp3) is 0.0769. The van der Waals surface area contributed by atoms with Crippen molar-refractivity contribution in [3.05, 3.63) is 59.8 Å². The molecule has 0 aliphatic rings. The largest absolute Gasteiger partial charge is 0.399 e. The summed E-state index contributed by atoms with van der Waals surface area (Å²) in [5.74, 6) is 0.395. The van der Waals surface area contributed by atoms with Crippen LogP contribution in [0.4, 0.5) is 10.1 Å². The van der Waals surface area contributed by atoms with Crippen molar-refractivity contribution in [3.63, 3.8) is 0 Å². The summed E-state index contributed by atoms with van der Waals surface area (Å²) in [6, 6.07) is 9.94. The average molecular weight is 242 g/mol. The van der Waals surface area contributed by atoms with Crippen LogP contribution in [0.5, 0.6) is 0 Å². The van der Waals surface area contributed by atoms with Crippen molar-refractivity contribution in [1.29, 1.82) is 0 Å². The second-order valence-corrected chi connectivity index (χ2v) is 4.10. The van der Waals surface area contributed by atoms with Crippen molar-refractivity contribution in [3.8, 4) is 0 Å². The Morgan fingerprint density at radius 2 is 2.11 bits per heavy atom. The number of hydrogen-bond acceptors (Lipinski definition) is 3. The molecule has 0 bridgehead atoms. The molecule has 0 amide bonds. The van der Waals surface area contributed by atoms with Gasteiger partial charge in [0, 0.05) is 24.4 Å². The average Bonchev–Trinajstić information content (AvgIpc) is 2.70. The lowest BCUT2D eigenvalue weighted by Crippen LogP contribution is -1.93. The molecule has 3 rings (SSSR count). The summed E-state index contributed by atoms with van der Waals surface area (Å²) in [5, 5.41) is 4.31. The fourth-order valence-electron chi connectivity index (χ4n) is 1.85. The molecule has 0 spiro atoms. The second-order valence-electron chi connectivity index (χ2n) is 4.10. The number of nitrogens with zero attached hydrogens (tertiary/aromatic N) is 3. The van der Waals surface area contributed by atoms with E-state index in [1.54, 1.807) is 28.9 Å². The van der Waals surface area contributed by atoms with Gasteiger partial charge in [-0.15, -0.1) is 0 Å². The zero-order valence-corrected chi connectivity index (χ0v) is 9.55. The molecular formula is C13H11FN4. The molecule has 1 aromatic carbocycles. The molecule has 0 saturated heterocycles. The van der Waals surface area contributed by atoms with Crippen molar-refractivity contribution < 1.29 is 4.39 Å². The zero-order valence-electron chi connectivity index (χ0n) is 9.55. The summed E-state index contributed by atoms with van der Waals surface area (Å²) in [6.45, 7) is 0. The minimum Gasteiger partial charge on any atom is -0.399 e. The van der Waals surface area contributed by atoms with Crippen LogP contribution in [0.2, 0.25) is 0 Å². The standard InChI is InChI=1S/C13H11FN4/c14-10-3-1-2-9(6-10)7-12-16-13-8-11(15)4-5-18(13)17-12/h1-6,8H,7,15H2. The Hall–Kier alpha value is -2.43. The number of nitrogens with two attached hydrogens (primary N) is 1. The molecule has 0 fully saturated rings. The molecule has 5 heteroatoms. The first-order valence-electron chi connectivity index (χ1n) is 5.56. The Labute approximate surface area is 103 Å². The molecule has 0 aliphatic carbocycles. The highest BCUT2D eigenvalue weighted by molar-refractivity contribution is 5.50. The highest BCUT2D eigenvalue weighted by Gasteiger charge is 2.05. The Bertz CT molecular complexity index is 705. The van der Waals surface area contributed by atoms with E-state index in [-0.39, 0.29) is 5.82 Å². The van der Waals surface area contributed by atoms with Gasteiger partial charge in [-0.25, -0.2) is 13.9 Å². The Morgan fingerprint density at radius 1 is 1.22 bits per heavy atom. The van der Waals surface area contributed by atoms with E-state index < -0.39 is 0 Å². The van der Waals surface area contributed by atoms with Crippen LogP contribution in [0.1, 0.15) is 11.4 Å². The van der Waals surface area contributed by atoms with E-state index in [4.69, 9.17) is 5.73 Å². The van der Waals surface area contributed by atoms with E-state index in [1.807, 2.05) is 6.07 Å². The van der Waals surface area contributed by atoms with Gasteiger partial charge in [-0.05, 0) is 23.8 Å². The van der Waals surface area contributed by atoms with Crippen LogP contribution in [-0.4, -0.2) is 14.6 Å². The van der Waals surface area contributed by atoms with Gasteiger partial charge in [0.1, 0.15) is 5.82 Å². The van der Waals surface area contributed by atoms with Gasteiger partial charge in [-0.1, -0.05) is 12.1 Å². The predicted octanol–water partition coefficient (Wildman–Crippen LogP) is 2.04. The van der Waals surface area contributed by atoms with Crippen molar-refractivity contribution >= 4 is 11.3 Å². The van der Waals surface area contributed by atoms with Gasteiger partial charge < -0.3 is 5.73 Å². The smallest absolute Gasteiger partial charge is 0.157 e. The maximum atomic E-state index is 13.1. The number of nitrogen functional groups attached to an aromatic ring is 1. The number of halogens is 1. The third-order valence-corrected chi connectivity index (χ3v) is 2.66. The summed E-state index contributed by atoms with van der Waals surface area (Å²) in [5.41, 5.74) is 7.86. The molecule has 2 aromatic heterocycles. The van der Waals surface area contributed by atoms with Crippen LogP contribution in [0.15, 0.2) is 42.6 Å². The molecule has 0 aliphatic heterocycles. The first kappa shape index (κ1) is 10.7. The van der Waals surface area contributed by atoms with E-state index in [1.165, 1.54) is 12.1 Å². The van der Waals surface area contributed by atoms with Crippen LogP contribution >= 0.6 is 0 Å². The number of hydrogen-bond donors (Lipinski definition) is 1. The van der Waals surface area contributed by atoms with Crippen LogP contribution in [0.25, 0.3) is 5.65 Å². The van der Waals surface area contributed by atoms with Crippen LogP contribution in [-0.2, 0) is 6.42 Å². The topological polar surface area (TPSA) is 56.2 Å². The summed E-state index contributed by atoms with van der Waals surface area (Å²) in [4.78, 5) is 4.35. The molecule has 2 heterocycles. The van der Waals surface area contributed by atoms with Gasteiger partial charge in [0.25, 0.3) is 0 Å². The normalized spacial score (nSPS) is 10.9. The Morgan fingerprint density at radius 3 is 2.94 bits per heavy atom. The molecule has 0 radical (unpaired) electrons. The minimum absolute atomic E-state index is 0.250. The Kier molecular flexibility index (Phi) is 2.44. The lowest BCUT2D eigenvalue weighted by molar-refractivity contribution is 0.625. The van der Waals surface area contributed by atoms with Gasteiger partial charge in [0.2, 0.25) is 0 Å². The van der Waals surface area contributed by atoms with E-state index in [9.17, 15) is 4.39 Å². The predicted molar refractivity (Wildman–Crippen MR) is 66.6 cm³/mol. The SMILES string of the molecule is Nc1ccn2nc(Cc3cccc(F)c3)nc2c1. The van der Waals surface area contributed by atoms with E-state index in [2.05, 4.69) is 10.1 Å². The lowest BCUT2D eigenvalue weighted by atomic mass is 10.1. The third-order valence-electron chi connectivity index (χ3n) is 2.66. The van der Waals surface area contributed by atoms with E-state index in [0.29, 0.717) is 23.6 Å².